The summed E-state index contributed by atoms with van der Waals surface area (Å²) in [7, 11) is 0. The lowest BCUT2D eigenvalue weighted by Gasteiger charge is -2.28. The Labute approximate surface area is 118 Å². The molecule has 0 radical (unpaired) electrons. The fourth-order valence-corrected chi connectivity index (χ4v) is 2.88. The van der Waals surface area contributed by atoms with Crippen LogP contribution in [0.2, 0.25) is 0 Å². The van der Waals surface area contributed by atoms with Crippen LogP contribution in [0.4, 0.5) is 18.9 Å². The molecule has 0 aromatic heterocycles. The summed E-state index contributed by atoms with van der Waals surface area (Å²) in [5, 5.41) is 3.26. The summed E-state index contributed by atoms with van der Waals surface area (Å²) in [6.45, 7) is 3.10. The van der Waals surface area contributed by atoms with Crippen molar-refractivity contribution in [1.82, 2.24) is 0 Å². The van der Waals surface area contributed by atoms with Crippen LogP contribution in [-0.4, -0.2) is 6.54 Å². The maximum absolute atomic E-state index is 12.4. The Balaban J connectivity index is 1.80. The fraction of sp³-hybridized carbons (Fsp3) is 0.625. The zero-order valence-electron chi connectivity index (χ0n) is 11.8. The molecule has 0 amide bonds. The van der Waals surface area contributed by atoms with E-state index in [4.69, 9.17) is 0 Å². The van der Waals surface area contributed by atoms with Gasteiger partial charge in [0.2, 0.25) is 0 Å². The second kappa shape index (κ2) is 6.51. The highest BCUT2D eigenvalue weighted by atomic mass is 19.4. The van der Waals surface area contributed by atoms with Gasteiger partial charge in [0.05, 0.1) is 5.56 Å². The highest BCUT2D eigenvalue weighted by Crippen LogP contribution is 2.32. The first kappa shape index (κ1) is 15.2. The third-order valence-corrected chi connectivity index (χ3v) is 4.35. The predicted molar refractivity (Wildman–Crippen MR) is 75.7 cm³/mol. The third-order valence-electron chi connectivity index (χ3n) is 4.35. The molecule has 2 rings (SSSR count). The van der Waals surface area contributed by atoms with Crippen molar-refractivity contribution >= 4 is 5.69 Å². The number of nitrogens with one attached hydrogen (secondary N) is 1. The van der Waals surface area contributed by atoms with Crippen molar-refractivity contribution in [3.63, 3.8) is 0 Å². The van der Waals surface area contributed by atoms with Gasteiger partial charge >= 0.3 is 6.18 Å². The Morgan fingerprint density at radius 3 is 2.05 bits per heavy atom. The molecule has 0 unspecified atom stereocenters. The van der Waals surface area contributed by atoms with Gasteiger partial charge in [-0.2, -0.15) is 13.2 Å². The standard InChI is InChI=1S/C16H22F3N/c1-2-12-3-5-13(6-4-12)11-20-15-9-7-14(8-10-15)16(17,18)19/h7-10,12-13,20H,2-6,11H2,1H3. The van der Waals surface area contributed by atoms with Gasteiger partial charge in [0.15, 0.2) is 0 Å². The number of halogens is 3. The molecule has 1 saturated carbocycles. The number of hydrogen-bond donors (Lipinski definition) is 1. The Morgan fingerprint density at radius 1 is 1.00 bits per heavy atom. The molecule has 20 heavy (non-hydrogen) atoms. The summed E-state index contributed by atoms with van der Waals surface area (Å²) in [6, 6.07) is 5.30. The van der Waals surface area contributed by atoms with E-state index in [0.717, 1.165) is 30.3 Å². The minimum Gasteiger partial charge on any atom is -0.385 e. The lowest BCUT2D eigenvalue weighted by Crippen LogP contribution is -2.21. The number of rotatable bonds is 4. The van der Waals surface area contributed by atoms with Gasteiger partial charge in [-0.15, -0.1) is 0 Å². The van der Waals surface area contributed by atoms with Crippen LogP contribution in [0.3, 0.4) is 0 Å². The van der Waals surface area contributed by atoms with Crippen molar-refractivity contribution in [1.29, 1.82) is 0 Å². The van der Waals surface area contributed by atoms with Crippen molar-refractivity contribution in [3.05, 3.63) is 29.8 Å². The van der Waals surface area contributed by atoms with Crippen LogP contribution in [-0.2, 0) is 6.18 Å². The second-order valence-electron chi connectivity index (χ2n) is 5.75. The molecule has 1 aliphatic rings. The van der Waals surface area contributed by atoms with Crippen LogP contribution < -0.4 is 5.32 Å². The van der Waals surface area contributed by atoms with Crippen molar-refractivity contribution < 1.29 is 13.2 Å². The minimum absolute atomic E-state index is 0.591. The number of hydrogen-bond acceptors (Lipinski definition) is 1. The zero-order chi connectivity index (χ0) is 14.6. The zero-order valence-corrected chi connectivity index (χ0v) is 11.8. The number of benzene rings is 1. The largest absolute Gasteiger partial charge is 0.416 e. The summed E-state index contributed by atoms with van der Waals surface area (Å²) < 4.78 is 37.3. The molecule has 0 spiro atoms. The van der Waals surface area contributed by atoms with Gasteiger partial charge < -0.3 is 5.32 Å². The van der Waals surface area contributed by atoms with Gasteiger partial charge in [-0.25, -0.2) is 0 Å². The van der Waals surface area contributed by atoms with E-state index in [1.165, 1.54) is 44.2 Å². The first-order chi connectivity index (χ1) is 9.49. The molecular formula is C16H22F3N. The SMILES string of the molecule is CCC1CCC(CNc2ccc(C(F)(F)F)cc2)CC1. The molecule has 1 fully saturated rings. The number of anilines is 1. The molecule has 1 nitrogen and oxygen atoms in total. The summed E-state index contributed by atoms with van der Waals surface area (Å²) >= 11 is 0. The second-order valence-corrected chi connectivity index (χ2v) is 5.75. The molecule has 0 aliphatic heterocycles. The topological polar surface area (TPSA) is 12.0 Å². The van der Waals surface area contributed by atoms with E-state index in [2.05, 4.69) is 12.2 Å². The van der Waals surface area contributed by atoms with Gasteiger partial charge in [-0.3, -0.25) is 0 Å². The van der Waals surface area contributed by atoms with Gasteiger partial charge in [-0.1, -0.05) is 26.2 Å². The maximum Gasteiger partial charge on any atom is 0.416 e. The highest BCUT2D eigenvalue weighted by Gasteiger charge is 2.30. The lowest BCUT2D eigenvalue weighted by atomic mass is 9.81. The van der Waals surface area contributed by atoms with E-state index in [1.54, 1.807) is 0 Å². The molecule has 1 aromatic rings. The Bertz CT molecular complexity index is 403. The van der Waals surface area contributed by atoms with E-state index in [-0.39, 0.29) is 0 Å². The van der Waals surface area contributed by atoms with E-state index in [0.29, 0.717) is 5.92 Å². The Morgan fingerprint density at radius 2 is 1.55 bits per heavy atom. The normalized spacial score (nSPS) is 23.6. The van der Waals surface area contributed by atoms with Gasteiger partial charge in [0.1, 0.15) is 0 Å². The first-order valence-corrected chi connectivity index (χ1v) is 7.40. The highest BCUT2D eigenvalue weighted by molar-refractivity contribution is 5.45. The average molecular weight is 285 g/mol. The molecule has 4 heteroatoms. The predicted octanol–water partition coefficient (Wildman–Crippen LogP) is 5.33. The van der Waals surface area contributed by atoms with Crippen molar-refractivity contribution in [2.24, 2.45) is 11.8 Å². The van der Waals surface area contributed by atoms with E-state index >= 15 is 0 Å². The van der Waals surface area contributed by atoms with Crippen LogP contribution in [0, 0.1) is 11.8 Å². The van der Waals surface area contributed by atoms with E-state index in [1.807, 2.05) is 0 Å². The molecular weight excluding hydrogens is 263 g/mol. The molecule has 0 bridgehead atoms. The van der Waals surface area contributed by atoms with E-state index in [9.17, 15) is 13.2 Å². The van der Waals surface area contributed by atoms with Gasteiger partial charge in [0, 0.05) is 12.2 Å². The smallest absolute Gasteiger partial charge is 0.385 e. The molecule has 1 aliphatic carbocycles. The van der Waals surface area contributed by atoms with Crippen molar-refractivity contribution in [2.45, 2.75) is 45.2 Å². The summed E-state index contributed by atoms with van der Waals surface area (Å²) in [5.41, 5.74) is 0.183. The Hall–Kier alpha value is -1.19. The lowest BCUT2D eigenvalue weighted by molar-refractivity contribution is -0.137. The van der Waals surface area contributed by atoms with Crippen LogP contribution >= 0.6 is 0 Å². The van der Waals surface area contributed by atoms with E-state index < -0.39 is 11.7 Å². The van der Waals surface area contributed by atoms with Crippen LogP contribution in [0.1, 0.15) is 44.6 Å². The maximum atomic E-state index is 12.4. The monoisotopic (exact) mass is 285 g/mol. The molecule has 1 aromatic carbocycles. The minimum atomic E-state index is -4.25. The van der Waals surface area contributed by atoms with Crippen LogP contribution in [0.5, 0.6) is 0 Å². The molecule has 112 valence electrons. The fourth-order valence-electron chi connectivity index (χ4n) is 2.88. The van der Waals surface area contributed by atoms with Crippen LogP contribution in [0.15, 0.2) is 24.3 Å². The molecule has 0 heterocycles. The Kier molecular flexibility index (Phi) is 4.95. The van der Waals surface area contributed by atoms with Crippen molar-refractivity contribution in [3.8, 4) is 0 Å². The summed E-state index contributed by atoms with van der Waals surface area (Å²) in [5.74, 6) is 1.53. The summed E-state index contributed by atoms with van der Waals surface area (Å²) in [6.07, 6.45) is 2.04. The van der Waals surface area contributed by atoms with Gasteiger partial charge in [0.25, 0.3) is 0 Å². The molecule has 0 atom stereocenters. The third kappa shape index (κ3) is 4.15. The van der Waals surface area contributed by atoms with Crippen LogP contribution in [0.25, 0.3) is 0 Å². The summed E-state index contributed by atoms with van der Waals surface area (Å²) in [4.78, 5) is 0. The average Bonchev–Trinajstić information content (AvgIpc) is 2.45. The number of alkyl halides is 3. The quantitative estimate of drug-likeness (QED) is 0.788. The molecule has 0 saturated heterocycles. The first-order valence-electron chi connectivity index (χ1n) is 7.40. The van der Waals surface area contributed by atoms with Gasteiger partial charge in [-0.05, 0) is 48.9 Å². The van der Waals surface area contributed by atoms with Crippen molar-refractivity contribution in [2.75, 3.05) is 11.9 Å². The molecule has 1 N–H and O–H groups in total.